The minimum absolute atomic E-state index is 0.00249. The van der Waals surface area contributed by atoms with Crippen molar-refractivity contribution >= 4 is 33.0 Å². The molecule has 1 fully saturated rings. The van der Waals surface area contributed by atoms with E-state index in [4.69, 9.17) is 5.14 Å². The maximum Gasteiger partial charge on any atom is 0.416 e. The molecule has 3 N–H and O–H groups in total. The summed E-state index contributed by atoms with van der Waals surface area (Å²) in [6.07, 6.45) is -1.03. The third kappa shape index (κ3) is 5.25. The van der Waals surface area contributed by atoms with E-state index in [-0.39, 0.29) is 17.1 Å². The van der Waals surface area contributed by atoms with Gasteiger partial charge in [0.1, 0.15) is 0 Å². The van der Waals surface area contributed by atoms with Crippen LogP contribution in [0, 0.1) is 0 Å². The zero-order valence-electron chi connectivity index (χ0n) is 17.9. The van der Waals surface area contributed by atoms with Gasteiger partial charge in [-0.25, -0.2) is 13.6 Å². The Balaban J connectivity index is 1.54. The van der Waals surface area contributed by atoms with Crippen LogP contribution in [-0.2, 0) is 27.4 Å². The predicted octanol–water partition coefficient (Wildman–Crippen LogP) is 3.34. The average molecular weight is 483 g/mol. The number of primary sulfonamides is 1. The Kier molecular flexibility index (Phi) is 6.28. The maximum absolute atomic E-state index is 13.3. The number of hydrogen-bond donors (Lipinski definition) is 2. The molecule has 0 radical (unpaired) electrons. The van der Waals surface area contributed by atoms with E-state index in [1.165, 1.54) is 18.2 Å². The van der Waals surface area contributed by atoms with Crippen LogP contribution in [0.15, 0.2) is 41.3 Å². The van der Waals surface area contributed by atoms with Gasteiger partial charge in [0.2, 0.25) is 15.9 Å². The van der Waals surface area contributed by atoms with E-state index in [0.717, 1.165) is 50.0 Å². The van der Waals surface area contributed by atoms with Crippen molar-refractivity contribution in [1.29, 1.82) is 0 Å². The predicted molar refractivity (Wildman–Crippen MR) is 120 cm³/mol. The van der Waals surface area contributed by atoms with Gasteiger partial charge in [0.15, 0.2) is 0 Å². The molecule has 178 valence electrons. The highest BCUT2D eigenvalue weighted by molar-refractivity contribution is 7.89. The molecule has 2 aromatic carbocycles. The number of carbonyl (C=O) groups is 1. The number of sulfonamides is 1. The SMILES string of the molecule is NS(=O)(=O)c1ccc2c(c1)CCN2CC(=O)Nc1cc(C(F)(F)F)ccc1N1CCCCC1. The second kappa shape index (κ2) is 8.86. The van der Waals surface area contributed by atoms with Gasteiger partial charge in [-0.15, -0.1) is 0 Å². The molecule has 0 bridgehead atoms. The lowest BCUT2D eigenvalue weighted by Gasteiger charge is -2.31. The van der Waals surface area contributed by atoms with Crippen LogP contribution in [0.3, 0.4) is 0 Å². The van der Waals surface area contributed by atoms with Crippen LogP contribution in [0.5, 0.6) is 0 Å². The second-order valence-corrected chi connectivity index (χ2v) is 9.89. The topological polar surface area (TPSA) is 95.7 Å². The lowest BCUT2D eigenvalue weighted by atomic mass is 10.1. The van der Waals surface area contributed by atoms with Gasteiger partial charge < -0.3 is 15.1 Å². The number of anilines is 3. The number of fused-ring (bicyclic) bond motifs is 1. The molecule has 0 atom stereocenters. The summed E-state index contributed by atoms with van der Waals surface area (Å²) in [5.41, 5.74) is 1.36. The Bertz CT molecular complexity index is 1160. The van der Waals surface area contributed by atoms with Gasteiger partial charge in [0.05, 0.1) is 28.4 Å². The Morgan fingerprint density at radius 1 is 1.00 bits per heavy atom. The molecule has 2 aliphatic heterocycles. The zero-order chi connectivity index (χ0) is 23.8. The lowest BCUT2D eigenvalue weighted by Crippen LogP contribution is -2.34. The Morgan fingerprint density at radius 3 is 2.36 bits per heavy atom. The van der Waals surface area contributed by atoms with Crippen LogP contribution in [0.25, 0.3) is 0 Å². The van der Waals surface area contributed by atoms with Gasteiger partial charge in [-0.05, 0) is 67.6 Å². The maximum atomic E-state index is 13.3. The van der Waals surface area contributed by atoms with Crippen molar-refractivity contribution in [2.75, 3.05) is 41.3 Å². The minimum Gasteiger partial charge on any atom is -0.370 e. The molecule has 7 nitrogen and oxygen atoms in total. The summed E-state index contributed by atoms with van der Waals surface area (Å²) >= 11 is 0. The summed E-state index contributed by atoms with van der Waals surface area (Å²) in [6, 6.07) is 7.91. The fraction of sp³-hybridized carbons (Fsp3) is 0.409. The third-order valence-electron chi connectivity index (χ3n) is 6.00. The van der Waals surface area contributed by atoms with Crippen LogP contribution in [0.1, 0.15) is 30.4 Å². The number of nitrogens with two attached hydrogens (primary N) is 1. The molecular weight excluding hydrogens is 457 g/mol. The van der Waals surface area contributed by atoms with E-state index >= 15 is 0 Å². The van der Waals surface area contributed by atoms with E-state index in [1.807, 2.05) is 4.90 Å². The molecule has 1 saturated heterocycles. The Hall–Kier alpha value is -2.79. The van der Waals surface area contributed by atoms with Gasteiger partial charge in [0.25, 0.3) is 0 Å². The highest BCUT2D eigenvalue weighted by Gasteiger charge is 2.32. The number of halogens is 3. The summed E-state index contributed by atoms with van der Waals surface area (Å²) in [5, 5.41) is 7.86. The minimum atomic E-state index is -4.52. The van der Waals surface area contributed by atoms with E-state index in [9.17, 15) is 26.4 Å². The van der Waals surface area contributed by atoms with Crippen molar-refractivity contribution in [2.45, 2.75) is 36.8 Å². The molecule has 33 heavy (non-hydrogen) atoms. The van der Waals surface area contributed by atoms with Crippen LogP contribution >= 0.6 is 0 Å². The van der Waals surface area contributed by atoms with Gasteiger partial charge in [0, 0.05) is 25.3 Å². The molecular formula is C22H25F3N4O3S. The number of rotatable bonds is 5. The smallest absolute Gasteiger partial charge is 0.370 e. The molecule has 4 rings (SSSR count). The van der Waals surface area contributed by atoms with Gasteiger partial charge in [-0.2, -0.15) is 13.2 Å². The number of amides is 1. The third-order valence-corrected chi connectivity index (χ3v) is 6.91. The van der Waals surface area contributed by atoms with Crippen LogP contribution in [0.2, 0.25) is 0 Å². The van der Waals surface area contributed by atoms with E-state index in [1.54, 1.807) is 11.0 Å². The molecule has 2 aromatic rings. The number of benzene rings is 2. The summed E-state index contributed by atoms with van der Waals surface area (Å²) in [5.74, 6) is -0.448. The summed E-state index contributed by atoms with van der Waals surface area (Å²) in [7, 11) is -3.83. The average Bonchev–Trinajstić information content (AvgIpc) is 3.15. The fourth-order valence-electron chi connectivity index (χ4n) is 4.37. The molecule has 0 saturated carbocycles. The van der Waals surface area contributed by atoms with E-state index in [2.05, 4.69) is 5.32 Å². The van der Waals surface area contributed by atoms with Gasteiger partial charge >= 0.3 is 6.18 Å². The first-order chi connectivity index (χ1) is 15.5. The lowest BCUT2D eigenvalue weighted by molar-refractivity contribution is -0.137. The Morgan fingerprint density at radius 2 is 1.70 bits per heavy atom. The van der Waals surface area contributed by atoms with Crippen LogP contribution in [-0.4, -0.2) is 40.5 Å². The molecule has 0 aliphatic carbocycles. The number of alkyl halides is 3. The fourth-order valence-corrected chi connectivity index (χ4v) is 4.94. The van der Waals surface area contributed by atoms with Crippen molar-refractivity contribution < 1.29 is 26.4 Å². The van der Waals surface area contributed by atoms with Crippen molar-refractivity contribution in [1.82, 2.24) is 0 Å². The summed E-state index contributed by atoms with van der Waals surface area (Å²) in [6.45, 7) is 1.86. The molecule has 0 spiro atoms. The molecule has 2 heterocycles. The molecule has 11 heteroatoms. The first-order valence-corrected chi connectivity index (χ1v) is 12.2. The van der Waals surface area contributed by atoms with Crippen LogP contribution < -0.4 is 20.3 Å². The number of piperidine rings is 1. The molecule has 2 aliphatic rings. The first kappa shape index (κ1) is 23.4. The van der Waals surface area contributed by atoms with Crippen molar-refractivity contribution in [3.63, 3.8) is 0 Å². The van der Waals surface area contributed by atoms with Crippen LogP contribution in [0.4, 0.5) is 30.2 Å². The largest absolute Gasteiger partial charge is 0.416 e. The zero-order valence-corrected chi connectivity index (χ0v) is 18.7. The molecule has 0 aromatic heterocycles. The summed E-state index contributed by atoms with van der Waals surface area (Å²) in [4.78, 5) is 16.6. The van der Waals surface area contributed by atoms with Crippen molar-refractivity contribution in [2.24, 2.45) is 5.14 Å². The normalized spacial score (nSPS) is 16.6. The first-order valence-electron chi connectivity index (χ1n) is 10.7. The monoisotopic (exact) mass is 482 g/mol. The van der Waals surface area contributed by atoms with Crippen molar-refractivity contribution in [3.05, 3.63) is 47.5 Å². The van der Waals surface area contributed by atoms with E-state index in [0.29, 0.717) is 24.3 Å². The quantitative estimate of drug-likeness (QED) is 0.682. The summed E-state index contributed by atoms with van der Waals surface area (Å²) < 4.78 is 63.1. The number of nitrogens with zero attached hydrogens (tertiary/aromatic N) is 2. The number of carbonyl (C=O) groups excluding carboxylic acids is 1. The highest BCUT2D eigenvalue weighted by atomic mass is 32.2. The number of hydrogen-bond acceptors (Lipinski definition) is 5. The van der Waals surface area contributed by atoms with Crippen molar-refractivity contribution in [3.8, 4) is 0 Å². The second-order valence-electron chi connectivity index (χ2n) is 8.33. The molecule has 0 unspecified atom stereocenters. The number of nitrogens with one attached hydrogen (secondary N) is 1. The standard InChI is InChI=1S/C22H25F3N4O3S/c23-22(24,25)16-4-6-20(28-9-2-1-3-10-28)18(13-16)27-21(30)14-29-11-8-15-12-17(33(26,31)32)5-7-19(15)29/h4-7,12-13H,1-3,8-11,14H2,(H,27,30)(H2,26,31,32). The Labute approximate surface area is 190 Å². The molecule has 1 amide bonds. The van der Waals surface area contributed by atoms with E-state index < -0.39 is 27.7 Å². The van der Waals surface area contributed by atoms with Gasteiger partial charge in [-0.1, -0.05) is 0 Å². The van der Waals surface area contributed by atoms with Gasteiger partial charge in [-0.3, -0.25) is 4.79 Å². The highest BCUT2D eigenvalue weighted by Crippen LogP contribution is 2.36.